The van der Waals surface area contributed by atoms with Gasteiger partial charge < -0.3 is 4.74 Å². The Morgan fingerprint density at radius 1 is 1.27 bits per heavy atom. The van der Waals surface area contributed by atoms with Crippen molar-refractivity contribution in [3.8, 4) is 0 Å². The Balaban J connectivity index is 2.01. The lowest BCUT2D eigenvalue weighted by Crippen LogP contribution is -2.11. The third-order valence-electron chi connectivity index (χ3n) is 3.44. The van der Waals surface area contributed by atoms with Crippen molar-refractivity contribution in [2.45, 2.75) is 13.3 Å². The molecule has 0 aliphatic carbocycles. The number of ether oxygens (including phenoxy) is 1. The summed E-state index contributed by atoms with van der Waals surface area (Å²) in [6.07, 6.45) is 2.52. The molecule has 0 N–H and O–H groups in total. The number of carbonyl (C=O) groups is 1. The average molecular weight is 290 g/mol. The van der Waals surface area contributed by atoms with E-state index in [0.717, 1.165) is 22.1 Å². The molecular formula is C17H15BN2O2. The highest BCUT2D eigenvalue weighted by molar-refractivity contribution is 6.32. The van der Waals surface area contributed by atoms with Crippen molar-refractivity contribution >= 4 is 24.8 Å². The predicted molar refractivity (Wildman–Crippen MR) is 85.8 cm³/mol. The molecule has 3 rings (SSSR count). The average Bonchev–Trinajstić information content (AvgIpc) is 2.98. The number of esters is 1. The highest BCUT2D eigenvalue weighted by Gasteiger charge is 2.13. The molecule has 0 unspecified atom stereocenters. The molecule has 3 aromatic rings. The summed E-state index contributed by atoms with van der Waals surface area (Å²) in [5, 5.41) is 4.29. The second-order valence-electron chi connectivity index (χ2n) is 5.03. The Labute approximate surface area is 130 Å². The largest absolute Gasteiger partial charge is 0.461 e. The second kappa shape index (κ2) is 6.06. The molecule has 0 amide bonds. The van der Waals surface area contributed by atoms with Crippen LogP contribution in [0.1, 0.15) is 28.5 Å². The van der Waals surface area contributed by atoms with Crippen LogP contribution in [0.3, 0.4) is 0 Å². The molecule has 0 saturated carbocycles. The molecule has 1 aromatic carbocycles. The van der Waals surface area contributed by atoms with Crippen LogP contribution in [-0.2, 0) is 11.2 Å². The molecule has 2 heterocycles. The third-order valence-corrected chi connectivity index (χ3v) is 3.44. The zero-order chi connectivity index (χ0) is 15.5. The van der Waals surface area contributed by atoms with Gasteiger partial charge in [-0.2, -0.15) is 5.10 Å². The summed E-state index contributed by atoms with van der Waals surface area (Å²) in [4.78, 5) is 11.9. The van der Waals surface area contributed by atoms with Crippen LogP contribution >= 0.6 is 0 Å². The van der Waals surface area contributed by atoms with E-state index in [1.807, 2.05) is 42.6 Å². The van der Waals surface area contributed by atoms with E-state index >= 15 is 0 Å². The number of hydrogen-bond donors (Lipinski definition) is 0. The molecule has 0 aliphatic heterocycles. The molecular weight excluding hydrogens is 275 g/mol. The number of aromatic nitrogens is 2. The summed E-state index contributed by atoms with van der Waals surface area (Å²) < 4.78 is 6.75. The van der Waals surface area contributed by atoms with Crippen molar-refractivity contribution in [1.29, 1.82) is 0 Å². The number of rotatable bonds is 4. The van der Waals surface area contributed by atoms with Crippen molar-refractivity contribution < 1.29 is 9.53 Å². The van der Waals surface area contributed by atoms with Crippen molar-refractivity contribution in [2.24, 2.45) is 0 Å². The number of carbonyl (C=O) groups excluding carboxylic acids is 1. The minimum absolute atomic E-state index is 0.316. The smallest absolute Gasteiger partial charge is 0.358 e. The topological polar surface area (TPSA) is 43.6 Å². The molecule has 0 bridgehead atoms. The summed E-state index contributed by atoms with van der Waals surface area (Å²) >= 11 is 0. The minimum atomic E-state index is -0.406. The van der Waals surface area contributed by atoms with Crippen LogP contribution < -0.4 is 5.46 Å². The molecule has 0 saturated heterocycles. The van der Waals surface area contributed by atoms with Crippen molar-refractivity contribution in [3.63, 3.8) is 0 Å². The third kappa shape index (κ3) is 2.88. The van der Waals surface area contributed by atoms with Crippen molar-refractivity contribution in [1.82, 2.24) is 9.61 Å². The van der Waals surface area contributed by atoms with E-state index in [4.69, 9.17) is 12.6 Å². The van der Waals surface area contributed by atoms with Crippen LogP contribution in [0, 0.1) is 0 Å². The van der Waals surface area contributed by atoms with E-state index in [9.17, 15) is 4.79 Å². The SMILES string of the molecule is [B]c1ccc(Cc2cc(C(=O)OCC)nn3cccc23)cc1. The first-order valence-corrected chi connectivity index (χ1v) is 7.16. The molecule has 0 fully saturated rings. The van der Waals surface area contributed by atoms with Gasteiger partial charge in [0, 0.05) is 6.20 Å². The molecule has 108 valence electrons. The Morgan fingerprint density at radius 3 is 2.77 bits per heavy atom. The lowest BCUT2D eigenvalue weighted by atomic mass is 9.94. The van der Waals surface area contributed by atoms with Crippen LogP contribution in [-0.4, -0.2) is 30.0 Å². The quantitative estimate of drug-likeness (QED) is 0.544. The van der Waals surface area contributed by atoms with E-state index in [1.54, 1.807) is 17.5 Å². The number of hydrogen-bond acceptors (Lipinski definition) is 3. The Bertz CT molecular complexity index is 809. The van der Waals surface area contributed by atoms with Crippen LogP contribution in [0.4, 0.5) is 0 Å². The van der Waals surface area contributed by atoms with E-state index in [0.29, 0.717) is 18.7 Å². The highest BCUT2D eigenvalue weighted by Crippen LogP contribution is 2.17. The molecule has 22 heavy (non-hydrogen) atoms. The fourth-order valence-corrected chi connectivity index (χ4v) is 2.40. The maximum Gasteiger partial charge on any atom is 0.358 e. The second-order valence-corrected chi connectivity index (χ2v) is 5.03. The van der Waals surface area contributed by atoms with Crippen LogP contribution in [0.15, 0.2) is 48.7 Å². The van der Waals surface area contributed by atoms with Gasteiger partial charge in [0.15, 0.2) is 5.69 Å². The first-order valence-electron chi connectivity index (χ1n) is 7.16. The van der Waals surface area contributed by atoms with Crippen LogP contribution in [0.5, 0.6) is 0 Å². The first-order chi connectivity index (χ1) is 10.7. The fraction of sp³-hybridized carbons (Fsp3) is 0.176. The lowest BCUT2D eigenvalue weighted by molar-refractivity contribution is 0.0517. The van der Waals surface area contributed by atoms with E-state index in [-0.39, 0.29) is 0 Å². The molecule has 2 radical (unpaired) electrons. The minimum Gasteiger partial charge on any atom is -0.461 e. The first kappa shape index (κ1) is 14.4. The molecule has 0 aliphatic rings. The number of nitrogens with zero attached hydrogens (tertiary/aromatic N) is 2. The van der Waals surface area contributed by atoms with Gasteiger partial charge in [-0.25, -0.2) is 9.31 Å². The van der Waals surface area contributed by atoms with Crippen molar-refractivity contribution in [3.05, 3.63) is 65.5 Å². The summed E-state index contributed by atoms with van der Waals surface area (Å²) in [5.41, 5.74) is 4.17. The van der Waals surface area contributed by atoms with Gasteiger partial charge in [0.1, 0.15) is 7.85 Å². The zero-order valence-corrected chi connectivity index (χ0v) is 12.3. The van der Waals surface area contributed by atoms with Gasteiger partial charge in [0.2, 0.25) is 0 Å². The van der Waals surface area contributed by atoms with E-state index in [2.05, 4.69) is 5.10 Å². The van der Waals surface area contributed by atoms with Gasteiger partial charge in [0.05, 0.1) is 12.1 Å². The molecule has 0 spiro atoms. The monoisotopic (exact) mass is 290 g/mol. The molecule has 2 aromatic heterocycles. The van der Waals surface area contributed by atoms with Crippen LogP contribution in [0.25, 0.3) is 5.52 Å². The summed E-state index contributed by atoms with van der Waals surface area (Å²) in [5.74, 6) is -0.406. The molecule has 0 atom stereocenters. The van der Waals surface area contributed by atoms with Crippen molar-refractivity contribution in [2.75, 3.05) is 6.61 Å². The molecule has 4 nitrogen and oxygen atoms in total. The Morgan fingerprint density at radius 2 is 2.05 bits per heavy atom. The Kier molecular flexibility index (Phi) is 3.96. The number of benzene rings is 1. The van der Waals surface area contributed by atoms with E-state index < -0.39 is 5.97 Å². The molecule has 5 heteroatoms. The standard InChI is InChI=1S/C17H15BN2O2/c1-2-22-17(21)15-11-13(16-4-3-9-20(16)19-15)10-12-5-7-14(18)8-6-12/h3-9,11H,2,10H2,1H3. The van der Waals surface area contributed by atoms with Gasteiger partial charge in [-0.3, -0.25) is 0 Å². The summed E-state index contributed by atoms with van der Waals surface area (Å²) in [7, 11) is 5.72. The summed E-state index contributed by atoms with van der Waals surface area (Å²) in [6, 6.07) is 13.4. The normalized spacial score (nSPS) is 10.8. The highest BCUT2D eigenvalue weighted by atomic mass is 16.5. The van der Waals surface area contributed by atoms with Gasteiger partial charge in [-0.05, 0) is 42.7 Å². The maximum atomic E-state index is 11.9. The summed E-state index contributed by atoms with van der Waals surface area (Å²) in [6.45, 7) is 2.11. The van der Waals surface area contributed by atoms with Gasteiger partial charge >= 0.3 is 5.97 Å². The fourth-order valence-electron chi connectivity index (χ4n) is 2.40. The van der Waals surface area contributed by atoms with Crippen LogP contribution in [0.2, 0.25) is 0 Å². The van der Waals surface area contributed by atoms with E-state index in [1.165, 1.54) is 0 Å². The Hall–Kier alpha value is -2.56. The predicted octanol–water partition coefficient (Wildman–Crippen LogP) is 1.90. The maximum absolute atomic E-state index is 11.9. The van der Waals surface area contributed by atoms with Gasteiger partial charge in [0.25, 0.3) is 0 Å². The zero-order valence-electron chi connectivity index (χ0n) is 12.3. The number of fused-ring (bicyclic) bond motifs is 1. The van der Waals surface area contributed by atoms with Gasteiger partial charge in [-0.15, -0.1) is 0 Å². The lowest BCUT2D eigenvalue weighted by Gasteiger charge is -2.08. The van der Waals surface area contributed by atoms with Gasteiger partial charge in [-0.1, -0.05) is 29.7 Å².